The molecular formula is C28H23N. The van der Waals surface area contributed by atoms with Crippen LogP contribution < -0.4 is 0 Å². The van der Waals surface area contributed by atoms with Crippen LogP contribution in [0.1, 0.15) is 28.7 Å². The Kier molecular flexibility index (Phi) is 3.80. The molecule has 0 aromatic heterocycles. The van der Waals surface area contributed by atoms with Gasteiger partial charge >= 0.3 is 0 Å². The van der Waals surface area contributed by atoms with Gasteiger partial charge in [0.25, 0.3) is 0 Å². The fraction of sp³-hybridized carbons (Fsp3) is 0.143. The average Bonchev–Trinajstić information content (AvgIpc) is 2.79. The Morgan fingerprint density at radius 1 is 0.759 bits per heavy atom. The molecule has 0 unspecified atom stereocenters. The molecule has 0 fully saturated rings. The molecule has 2 aliphatic rings. The van der Waals surface area contributed by atoms with Gasteiger partial charge in [-0.1, -0.05) is 78.9 Å². The summed E-state index contributed by atoms with van der Waals surface area (Å²) in [5, 5.41) is 5.49. The van der Waals surface area contributed by atoms with Crippen LogP contribution in [-0.4, -0.2) is 11.4 Å². The van der Waals surface area contributed by atoms with E-state index in [9.17, 15) is 0 Å². The molecule has 0 saturated heterocycles. The quantitative estimate of drug-likeness (QED) is 0.349. The van der Waals surface area contributed by atoms with E-state index in [1.54, 1.807) is 0 Å². The molecule has 0 atom stereocenters. The van der Waals surface area contributed by atoms with Crippen LogP contribution in [0.3, 0.4) is 0 Å². The molecule has 0 N–H and O–H groups in total. The van der Waals surface area contributed by atoms with Gasteiger partial charge in [0, 0.05) is 19.3 Å². The van der Waals surface area contributed by atoms with E-state index in [4.69, 9.17) is 0 Å². The second-order valence-electron chi connectivity index (χ2n) is 8.16. The zero-order valence-corrected chi connectivity index (χ0v) is 16.4. The molecule has 1 nitrogen and oxygen atoms in total. The van der Waals surface area contributed by atoms with E-state index in [1.165, 1.54) is 49.4 Å². The molecule has 29 heavy (non-hydrogen) atoms. The fourth-order valence-corrected chi connectivity index (χ4v) is 5.00. The van der Waals surface area contributed by atoms with Crippen molar-refractivity contribution in [3.8, 4) is 0 Å². The summed E-state index contributed by atoms with van der Waals surface area (Å²) in [7, 11) is 0. The SMILES string of the molecule is C1=CN(CC2=CCCc3c2ccc2c3ccc3ccccc32)Cc2ccccc21. The molecule has 1 heterocycles. The normalized spacial score (nSPS) is 15.3. The third-order valence-corrected chi connectivity index (χ3v) is 6.44. The van der Waals surface area contributed by atoms with Crippen molar-refractivity contribution in [2.75, 3.05) is 6.54 Å². The second-order valence-corrected chi connectivity index (χ2v) is 8.16. The van der Waals surface area contributed by atoms with Gasteiger partial charge in [-0.05, 0) is 68.3 Å². The van der Waals surface area contributed by atoms with Crippen molar-refractivity contribution in [3.63, 3.8) is 0 Å². The Morgan fingerprint density at radius 3 is 2.62 bits per heavy atom. The van der Waals surface area contributed by atoms with Gasteiger partial charge in [0.05, 0.1) is 0 Å². The molecule has 0 radical (unpaired) electrons. The topological polar surface area (TPSA) is 3.24 Å². The minimum atomic E-state index is 0.969. The Balaban J connectivity index is 1.38. The van der Waals surface area contributed by atoms with Crippen molar-refractivity contribution in [2.24, 2.45) is 0 Å². The molecule has 0 spiro atoms. The highest BCUT2D eigenvalue weighted by Gasteiger charge is 2.19. The summed E-state index contributed by atoms with van der Waals surface area (Å²) >= 11 is 0. The first kappa shape index (κ1) is 16.6. The molecule has 1 aliphatic carbocycles. The van der Waals surface area contributed by atoms with Crippen LogP contribution in [0.25, 0.3) is 33.2 Å². The fourth-order valence-electron chi connectivity index (χ4n) is 5.00. The van der Waals surface area contributed by atoms with Gasteiger partial charge < -0.3 is 4.90 Å². The Bertz CT molecular complexity index is 1310. The van der Waals surface area contributed by atoms with Crippen LogP contribution in [0.5, 0.6) is 0 Å². The van der Waals surface area contributed by atoms with E-state index in [-0.39, 0.29) is 0 Å². The standard InChI is InChI=1S/C28H23N/c1-2-8-22-18-29(17-16-20(22)6-1)19-23-9-5-11-26-25(23)14-15-27-24-10-4-3-7-21(24)12-13-28(26)27/h1-4,6-10,12-17H,5,11,18-19H2. The van der Waals surface area contributed by atoms with Gasteiger partial charge in [-0.2, -0.15) is 0 Å². The van der Waals surface area contributed by atoms with Gasteiger partial charge in [-0.15, -0.1) is 0 Å². The zero-order valence-electron chi connectivity index (χ0n) is 16.4. The first-order valence-corrected chi connectivity index (χ1v) is 10.5. The molecular weight excluding hydrogens is 350 g/mol. The number of nitrogens with zero attached hydrogens (tertiary/aromatic N) is 1. The van der Waals surface area contributed by atoms with Crippen LogP contribution in [-0.2, 0) is 13.0 Å². The minimum absolute atomic E-state index is 0.969. The number of fused-ring (bicyclic) bond motifs is 6. The lowest BCUT2D eigenvalue weighted by atomic mass is 9.85. The van der Waals surface area contributed by atoms with Crippen molar-refractivity contribution in [2.45, 2.75) is 19.4 Å². The number of allylic oxidation sites excluding steroid dienone is 1. The highest BCUT2D eigenvalue weighted by molar-refractivity contribution is 6.09. The molecule has 1 heteroatoms. The first-order chi connectivity index (χ1) is 14.4. The van der Waals surface area contributed by atoms with Crippen molar-refractivity contribution >= 4 is 33.2 Å². The number of hydrogen-bond donors (Lipinski definition) is 0. The average molecular weight is 373 g/mol. The molecule has 140 valence electrons. The van der Waals surface area contributed by atoms with Gasteiger partial charge in [0.15, 0.2) is 0 Å². The van der Waals surface area contributed by atoms with Crippen LogP contribution in [0.15, 0.2) is 85.1 Å². The highest BCUT2D eigenvalue weighted by atomic mass is 15.1. The van der Waals surface area contributed by atoms with Gasteiger partial charge in [0.1, 0.15) is 0 Å². The predicted molar refractivity (Wildman–Crippen MR) is 124 cm³/mol. The van der Waals surface area contributed by atoms with E-state index >= 15 is 0 Å². The number of rotatable bonds is 2. The molecule has 0 saturated carbocycles. The summed E-state index contributed by atoms with van der Waals surface area (Å²) < 4.78 is 0. The largest absolute Gasteiger partial charge is 0.369 e. The van der Waals surface area contributed by atoms with E-state index in [0.29, 0.717) is 0 Å². The lowest BCUT2D eigenvalue weighted by molar-refractivity contribution is 0.411. The van der Waals surface area contributed by atoms with Crippen molar-refractivity contribution in [3.05, 3.63) is 107 Å². The van der Waals surface area contributed by atoms with E-state index < -0.39 is 0 Å². The summed E-state index contributed by atoms with van der Waals surface area (Å²) in [5.74, 6) is 0. The van der Waals surface area contributed by atoms with E-state index in [2.05, 4.69) is 96.0 Å². The molecule has 6 rings (SSSR count). The monoisotopic (exact) mass is 373 g/mol. The predicted octanol–water partition coefficient (Wildman–Crippen LogP) is 6.81. The maximum absolute atomic E-state index is 2.45. The smallest absolute Gasteiger partial charge is 0.0433 e. The summed E-state index contributed by atoms with van der Waals surface area (Å²) in [4.78, 5) is 2.44. The number of benzene rings is 4. The van der Waals surface area contributed by atoms with Crippen molar-refractivity contribution in [1.82, 2.24) is 4.90 Å². The van der Waals surface area contributed by atoms with Gasteiger partial charge in [-0.3, -0.25) is 0 Å². The lowest BCUT2D eigenvalue weighted by Crippen LogP contribution is -2.23. The summed E-state index contributed by atoms with van der Waals surface area (Å²) in [6.45, 7) is 1.95. The maximum Gasteiger partial charge on any atom is 0.0433 e. The molecule has 1 aliphatic heterocycles. The van der Waals surface area contributed by atoms with Crippen LogP contribution in [0.4, 0.5) is 0 Å². The van der Waals surface area contributed by atoms with Gasteiger partial charge in [-0.25, -0.2) is 0 Å². The van der Waals surface area contributed by atoms with Crippen LogP contribution in [0.2, 0.25) is 0 Å². The first-order valence-electron chi connectivity index (χ1n) is 10.5. The van der Waals surface area contributed by atoms with Crippen LogP contribution >= 0.6 is 0 Å². The third kappa shape index (κ3) is 2.77. The number of aryl methyl sites for hydroxylation is 1. The Morgan fingerprint density at radius 2 is 1.62 bits per heavy atom. The van der Waals surface area contributed by atoms with E-state index in [1.807, 2.05) is 0 Å². The summed E-state index contributed by atoms with van der Waals surface area (Å²) in [5.41, 5.74) is 7.18. The number of hydrogen-bond acceptors (Lipinski definition) is 1. The van der Waals surface area contributed by atoms with Gasteiger partial charge in [0.2, 0.25) is 0 Å². The van der Waals surface area contributed by atoms with Crippen molar-refractivity contribution in [1.29, 1.82) is 0 Å². The summed E-state index contributed by atoms with van der Waals surface area (Å²) in [6.07, 6.45) is 9.21. The third-order valence-electron chi connectivity index (χ3n) is 6.44. The Hall–Kier alpha value is -3.32. The zero-order chi connectivity index (χ0) is 19.2. The minimum Gasteiger partial charge on any atom is -0.369 e. The van der Waals surface area contributed by atoms with Crippen molar-refractivity contribution < 1.29 is 0 Å². The lowest BCUT2D eigenvalue weighted by Gasteiger charge is -2.29. The van der Waals surface area contributed by atoms with Crippen LogP contribution in [0, 0.1) is 0 Å². The second kappa shape index (κ2) is 6.63. The maximum atomic E-state index is 2.45. The highest BCUT2D eigenvalue weighted by Crippen LogP contribution is 2.36. The van der Waals surface area contributed by atoms with E-state index in [0.717, 1.165) is 25.9 Å². The molecule has 0 amide bonds. The Labute approximate surface area is 171 Å². The molecule has 0 bridgehead atoms. The summed E-state index contributed by atoms with van der Waals surface area (Å²) in [6, 6.07) is 26.7. The molecule has 4 aromatic rings. The molecule has 4 aromatic carbocycles.